The van der Waals surface area contributed by atoms with Crippen molar-refractivity contribution >= 4 is 45.5 Å². The maximum absolute atomic E-state index is 12.9. The van der Waals surface area contributed by atoms with E-state index in [1.54, 1.807) is 23.1 Å². The SMILES string of the molecule is COC(=O)[C@H]1C(=O)NC(SCC(=O)N2CCc3ccccc3C2)=C(C#N)[C@H]1c1cccc(Br)c1. The lowest BCUT2D eigenvalue weighted by Gasteiger charge is -2.32. The minimum Gasteiger partial charge on any atom is -0.468 e. The van der Waals surface area contributed by atoms with E-state index in [1.807, 2.05) is 24.3 Å². The molecule has 2 aliphatic heterocycles. The van der Waals surface area contributed by atoms with Crippen LogP contribution < -0.4 is 5.32 Å². The molecule has 0 saturated heterocycles. The summed E-state index contributed by atoms with van der Waals surface area (Å²) in [5.41, 5.74) is 3.24. The Kier molecular flexibility index (Phi) is 7.39. The highest BCUT2D eigenvalue weighted by Crippen LogP contribution is 2.40. The molecule has 0 aliphatic carbocycles. The van der Waals surface area contributed by atoms with E-state index in [9.17, 15) is 19.6 Å². The van der Waals surface area contributed by atoms with E-state index >= 15 is 0 Å². The van der Waals surface area contributed by atoms with Crippen LogP contribution >= 0.6 is 27.7 Å². The number of hydrogen-bond donors (Lipinski definition) is 1. The first-order valence-corrected chi connectivity index (χ1v) is 12.5. The molecule has 0 spiro atoms. The number of benzene rings is 2. The molecular formula is C25H22BrN3O4S. The maximum Gasteiger partial charge on any atom is 0.319 e. The van der Waals surface area contributed by atoms with Crippen LogP contribution in [0.1, 0.15) is 22.6 Å². The molecule has 174 valence electrons. The zero-order chi connectivity index (χ0) is 24.2. The predicted molar refractivity (Wildman–Crippen MR) is 131 cm³/mol. The average molecular weight is 540 g/mol. The molecule has 0 radical (unpaired) electrons. The molecule has 2 amide bonds. The summed E-state index contributed by atoms with van der Waals surface area (Å²) in [7, 11) is 1.21. The van der Waals surface area contributed by atoms with Gasteiger partial charge in [-0.05, 0) is 35.2 Å². The van der Waals surface area contributed by atoms with Gasteiger partial charge < -0.3 is 15.0 Å². The number of fused-ring (bicyclic) bond motifs is 1. The van der Waals surface area contributed by atoms with Gasteiger partial charge in [-0.2, -0.15) is 5.26 Å². The molecule has 9 heteroatoms. The molecule has 7 nitrogen and oxygen atoms in total. The molecule has 1 N–H and O–H groups in total. The number of ether oxygens (including phenoxy) is 1. The smallest absolute Gasteiger partial charge is 0.319 e. The first-order valence-electron chi connectivity index (χ1n) is 10.7. The van der Waals surface area contributed by atoms with Crippen LogP contribution in [0.2, 0.25) is 0 Å². The van der Waals surface area contributed by atoms with Gasteiger partial charge >= 0.3 is 5.97 Å². The second-order valence-electron chi connectivity index (χ2n) is 8.00. The summed E-state index contributed by atoms with van der Waals surface area (Å²) in [6.45, 7) is 1.16. The first kappa shape index (κ1) is 24.0. The van der Waals surface area contributed by atoms with Gasteiger partial charge in [0, 0.05) is 23.5 Å². The Hall–Kier alpha value is -3.09. The number of amides is 2. The van der Waals surface area contributed by atoms with E-state index in [0.717, 1.165) is 28.2 Å². The number of halogens is 1. The summed E-state index contributed by atoms with van der Waals surface area (Å²) in [4.78, 5) is 40.2. The highest BCUT2D eigenvalue weighted by molar-refractivity contribution is 9.10. The molecule has 0 bridgehead atoms. The van der Waals surface area contributed by atoms with Crippen LogP contribution in [-0.2, 0) is 32.1 Å². The Morgan fingerprint density at radius 3 is 2.71 bits per heavy atom. The Morgan fingerprint density at radius 2 is 2.00 bits per heavy atom. The Balaban J connectivity index is 1.59. The molecule has 0 fully saturated rings. The van der Waals surface area contributed by atoms with Crippen LogP contribution in [0.5, 0.6) is 0 Å². The summed E-state index contributed by atoms with van der Waals surface area (Å²) in [6.07, 6.45) is 0.793. The topological polar surface area (TPSA) is 99.5 Å². The molecule has 4 rings (SSSR count). The van der Waals surface area contributed by atoms with E-state index < -0.39 is 23.7 Å². The van der Waals surface area contributed by atoms with Crippen molar-refractivity contribution in [3.63, 3.8) is 0 Å². The van der Waals surface area contributed by atoms with Crippen molar-refractivity contribution in [2.75, 3.05) is 19.4 Å². The molecule has 2 heterocycles. The second kappa shape index (κ2) is 10.5. The lowest BCUT2D eigenvalue weighted by molar-refractivity contribution is -0.150. The fourth-order valence-electron chi connectivity index (χ4n) is 4.31. The molecule has 0 aromatic heterocycles. The number of nitriles is 1. The Bertz CT molecular complexity index is 1220. The van der Waals surface area contributed by atoms with Crippen LogP contribution in [0.4, 0.5) is 0 Å². The lowest BCUT2D eigenvalue weighted by atomic mass is 9.78. The van der Waals surface area contributed by atoms with Gasteiger partial charge in [-0.25, -0.2) is 0 Å². The average Bonchev–Trinajstić information content (AvgIpc) is 2.86. The number of thioether (sulfide) groups is 1. The number of rotatable bonds is 5. The number of carbonyl (C=O) groups excluding carboxylic acids is 3. The molecule has 2 aromatic carbocycles. The fraction of sp³-hybridized carbons (Fsp3) is 0.280. The molecule has 2 aromatic rings. The third-order valence-electron chi connectivity index (χ3n) is 6.01. The molecular weight excluding hydrogens is 518 g/mol. The zero-order valence-electron chi connectivity index (χ0n) is 18.4. The van der Waals surface area contributed by atoms with Gasteiger partial charge in [-0.15, -0.1) is 0 Å². The van der Waals surface area contributed by atoms with Gasteiger partial charge in [0.2, 0.25) is 11.8 Å². The highest BCUT2D eigenvalue weighted by atomic mass is 79.9. The van der Waals surface area contributed by atoms with E-state index in [4.69, 9.17) is 4.74 Å². The Labute approximate surface area is 210 Å². The summed E-state index contributed by atoms with van der Waals surface area (Å²) in [5.74, 6) is -3.31. The standard InChI is InChI=1S/C25H22BrN3O4S/c1-33-25(32)22-21(16-7-4-8-18(26)11-16)19(12-27)24(28-23(22)31)34-14-20(30)29-10-9-15-5-2-3-6-17(15)13-29/h2-8,11,21-22H,9-10,13-14H2,1H3,(H,28,31)/t21-,22-/m1/s1. The zero-order valence-corrected chi connectivity index (χ0v) is 20.8. The molecule has 2 aliphatic rings. The number of allylic oxidation sites excluding steroid dienone is 1. The summed E-state index contributed by atoms with van der Waals surface area (Å²) >= 11 is 4.52. The van der Waals surface area contributed by atoms with Crippen molar-refractivity contribution in [2.45, 2.75) is 18.9 Å². The van der Waals surface area contributed by atoms with Crippen LogP contribution in [0, 0.1) is 17.2 Å². The lowest BCUT2D eigenvalue weighted by Crippen LogP contribution is -2.44. The van der Waals surface area contributed by atoms with Crippen molar-refractivity contribution in [1.82, 2.24) is 10.2 Å². The van der Waals surface area contributed by atoms with Gasteiger partial charge in [-0.3, -0.25) is 14.4 Å². The summed E-state index contributed by atoms with van der Waals surface area (Å²) < 4.78 is 5.62. The van der Waals surface area contributed by atoms with Gasteiger partial charge in [0.1, 0.15) is 5.92 Å². The monoisotopic (exact) mass is 539 g/mol. The molecule has 2 atom stereocenters. The summed E-state index contributed by atoms with van der Waals surface area (Å²) in [5, 5.41) is 13.0. The molecule has 34 heavy (non-hydrogen) atoms. The predicted octanol–water partition coefficient (Wildman–Crippen LogP) is 3.50. The van der Waals surface area contributed by atoms with Gasteiger partial charge in [0.05, 0.1) is 29.5 Å². The third kappa shape index (κ3) is 4.88. The van der Waals surface area contributed by atoms with Gasteiger partial charge in [0.15, 0.2) is 0 Å². The maximum atomic E-state index is 12.9. The number of nitrogens with zero attached hydrogens (tertiary/aromatic N) is 2. The van der Waals surface area contributed by atoms with Crippen LogP contribution in [0.15, 0.2) is 63.6 Å². The number of esters is 1. The van der Waals surface area contributed by atoms with E-state index in [-0.39, 0.29) is 17.2 Å². The van der Waals surface area contributed by atoms with Gasteiger partial charge in [-0.1, -0.05) is 64.1 Å². The van der Waals surface area contributed by atoms with E-state index in [1.165, 1.54) is 12.7 Å². The minimum absolute atomic E-state index is 0.0665. The van der Waals surface area contributed by atoms with Crippen molar-refractivity contribution in [2.24, 2.45) is 5.92 Å². The van der Waals surface area contributed by atoms with E-state index in [2.05, 4.69) is 33.4 Å². The normalized spacial score (nSPS) is 19.7. The van der Waals surface area contributed by atoms with Gasteiger partial charge in [0.25, 0.3) is 0 Å². The minimum atomic E-state index is -1.20. The van der Waals surface area contributed by atoms with Crippen molar-refractivity contribution in [3.8, 4) is 6.07 Å². The largest absolute Gasteiger partial charge is 0.468 e. The molecule has 0 unspecified atom stereocenters. The van der Waals surface area contributed by atoms with E-state index in [0.29, 0.717) is 23.7 Å². The number of carbonyl (C=O) groups is 3. The van der Waals surface area contributed by atoms with Crippen LogP contribution in [0.25, 0.3) is 0 Å². The first-order chi connectivity index (χ1) is 16.4. The molecule has 0 saturated carbocycles. The summed E-state index contributed by atoms with van der Waals surface area (Å²) in [6, 6.07) is 17.4. The highest BCUT2D eigenvalue weighted by Gasteiger charge is 2.44. The van der Waals surface area contributed by atoms with Crippen LogP contribution in [0.3, 0.4) is 0 Å². The van der Waals surface area contributed by atoms with Crippen LogP contribution in [-0.4, -0.2) is 42.1 Å². The number of hydrogen-bond acceptors (Lipinski definition) is 6. The van der Waals surface area contributed by atoms with Crippen molar-refractivity contribution < 1.29 is 19.1 Å². The fourth-order valence-corrected chi connectivity index (χ4v) is 5.68. The quantitative estimate of drug-likeness (QED) is 0.461. The number of nitrogens with one attached hydrogen (secondary N) is 1. The Morgan fingerprint density at radius 1 is 1.24 bits per heavy atom. The van der Waals surface area contributed by atoms with Crippen molar-refractivity contribution in [1.29, 1.82) is 5.26 Å². The third-order valence-corrected chi connectivity index (χ3v) is 7.51. The number of methoxy groups -OCH3 is 1. The van der Waals surface area contributed by atoms with Crippen molar-refractivity contribution in [3.05, 3.63) is 80.3 Å². The second-order valence-corrected chi connectivity index (χ2v) is 9.90.